The maximum atomic E-state index is 12.4. The van der Waals surface area contributed by atoms with Crippen molar-refractivity contribution >= 4 is 39.3 Å². The van der Waals surface area contributed by atoms with Crippen molar-refractivity contribution in [3.05, 3.63) is 28.2 Å². The maximum Gasteiger partial charge on any atom is 0.310 e. The van der Waals surface area contributed by atoms with Crippen LogP contribution in [0.5, 0.6) is 0 Å². The molecule has 2 rings (SSSR count). The first-order valence-electron chi connectivity index (χ1n) is 7.07. The first-order chi connectivity index (χ1) is 10.3. The molecular weight excluding hydrogens is 350 g/mol. The minimum atomic E-state index is -0.835. The Bertz CT molecular complexity index is 630. The van der Waals surface area contributed by atoms with Crippen molar-refractivity contribution in [3.8, 4) is 0 Å². The monoisotopic (exact) mass is 367 g/mol. The zero-order valence-corrected chi connectivity index (χ0v) is 14.2. The number of carbonyl (C=O) groups is 3. The third kappa shape index (κ3) is 3.14. The second kappa shape index (κ2) is 6.48. The van der Waals surface area contributed by atoms with Crippen molar-refractivity contribution in [2.24, 2.45) is 0 Å². The number of fused-ring (bicyclic) bond motifs is 1. The van der Waals surface area contributed by atoms with Crippen LogP contribution in [0.15, 0.2) is 22.7 Å². The zero-order valence-electron chi connectivity index (χ0n) is 12.6. The van der Waals surface area contributed by atoms with Crippen LogP contribution in [0.1, 0.15) is 32.4 Å². The fourth-order valence-electron chi connectivity index (χ4n) is 2.40. The van der Waals surface area contributed by atoms with Gasteiger partial charge in [-0.2, -0.15) is 0 Å². The first kappa shape index (κ1) is 16.5. The van der Waals surface area contributed by atoms with Crippen LogP contribution < -0.4 is 15.5 Å². The third-order valence-corrected chi connectivity index (χ3v) is 3.82. The number of likely N-dealkylation sites (N-methyl/N-ethyl adjacent to an activating group) is 1. The SMILES string of the molecule is CCN1C(=O)C(NC(=O)C(=O)NC(C)C)c2cc(Br)ccc21. The van der Waals surface area contributed by atoms with Crippen molar-refractivity contribution in [1.82, 2.24) is 10.6 Å². The van der Waals surface area contributed by atoms with Gasteiger partial charge in [0.15, 0.2) is 0 Å². The van der Waals surface area contributed by atoms with Crippen molar-refractivity contribution in [2.45, 2.75) is 32.9 Å². The van der Waals surface area contributed by atoms with Crippen LogP contribution in [-0.4, -0.2) is 30.3 Å². The fourth-order valence-corrected chi connectivity index (χ4v) is 2.78. The summed E-state index contributed by atoms with van der Waals surface area (Å²) in [7, 11) is 0. The molecule has 22 heavy (non-hydrogen) atoms. The average Bonchev–Trinajstić information content (AvgIpc) is 2.70. The van der Waals surface area contributed by atoms with Gasteiger partial charge in [-0.05, 0) is 39.0 Å². The number of nitrogens with one attached hydrogen (secondary N) is 2. The van der Waals surface area contributed by atoms with Crippen LogP contribution in [0.25, 0.3) is 0 Å². The molecule has 3 amide bonds. The number of nitrogens with zero attached hydrogens (tertiary/aromatic N) is 1. The second-order valence-electron chi connectivity index (χ2n) is 5.32. The molecule has 0 spiro atoms. The van der Waals surface area contributed by atoms with E-state index >= 15 is 0 Å². The van der Waals surface area contributed by atoms with Gasteiger partial charge in [0.1, 0.15) is 6.04 Å². The molecule has 1 atom stereocenters. The summed E-state index contributed by atoms with van der Waals surface area (Å²) < 4.78 is 0.808. The Morgan fingerprint density at radius 3 is 2.59 bits per heavy atom. The number of benzene rings is 1. The fraction of sp³-hybridized carbons (Fsp3) is 0.400. The number of anilines is 1. The number of carbonyl (C=O) groups excluding carboxylic acids is 3. The van der Waals surface area contributed by atoms with Crippen molar-refractivity contribution in [3.63, 3.8) is 0 Å². The van der Waals surface area contributed by atoms with Crippen LogP contribution >= 0.6 is 15.9 Å². The largest absolute Gasteiger partial charge is 0.346 e. The summed E-state index contributed by atoms with van der Waals surface area (Å²) in [5.41, 5.74) is 1.44. The predicted octanol–water partition coefficient (Wildman–Crippen LogP) is 1.50. The molecule has 0 saturated carbocycles. The topological polar surface area (TPSA) is 78.5 Å². The minimum absolute atomic E-state index is 0.147. The van der Waals surface area contributed by atoms with E-state index in [1.165, 1.54) is 0 Å². The van der Waals surface area contributed by atoms with Crippen molar-refractivity contribution in [1.29, 1.82) is 0 Å². The molecule has 0 aromatic heterocycles. The summed E-state index contributed by atoms with van der Waals surface area (Å²) in [4.78, 5) is 37.7. The summed E-state index contributed by atoms with van der Waals surface area (Å²) in [5.74, 6) is -1.79. The van der Waals surface area contributed by atoms with Crippen LogP contribution in [0.4, 0.5) is 5.69 Å². The first-order valence-corrected chi connectivity index (χ1v) is 7.86. The summed E-state index contributed by atoms with van der Waals surface area (Å²) in [6, 6.07) is 4.46. The number of amides is 3. The van der Waals surface area contributed by atoms with Gasteiger partial charge in [-0.15, -0.1) is 0 Å². The average molecular weight is 368 g/mol. The van der Waals surface area contributed by atoms with Gasteiger partial charge in [0.25, 0.3) is 5.91 Å². The highest BCUT2D eigenvalue weighted by molar-refractivity contribution is 9.10. The van der Waals surface area contributed by atoms with Crippen molar-refractivity contribution < 1.29 is 14.4 Å². The van der Waals surface area contributed by atoms with E-state index < -0.39 is 17.9 Å². The quantitative estimate of drug-likeness (QED) is 0.794. The Hall–Kier alpha value is -1.89. The van der Waals surface area contributed by atoms with E-state index in [-0.39, 0.29) is 11.9 Å². The van der Waals surface area contributed by atoms with Crippen LogP contribution in [0.2, 0.25) is 0 Å². The second-order valence-corrected chi connectivity index (χ2v) is 6.24. The van der Waals surface area contributed by atoms with E-state index in [4.69, 9.17) is 0 Å². The van der Waals surface area contributed by atoms with Gasteiger partial charge < -0.3 is 15.5 Å². The summed E-state index contributed by atoms with van der Waals surface area (Å²) in [6.07, 6.45) is 0. The molecule has 1 heterocycles. The van der Waals surface area contributed by atoms with E-state index in [9.17, 15) is 14.4 Å². The van der Waals surface area contributed by atoms with Crippen molar-refractivity contribution in [2.75, 3.05) is 11.4 Å². The Balaban J connectivity index is 2.25. The van der Waals surface area contributed by atoms with E-state index in [1.807, 2.05) is 19.1 Å². The van der Waals surface area contributed by atoms with Crippen LogP contribution in [-0.2, 0) is 14.4 Å². The van der Waals surface area contributed by atoms with E-state index in [0.717, 1.165) is 10.2 Å². The highest BCUT2D eigenvalue weighted by Crippen LogP contribution is 2.37. The van der Waals surface area contributed by atoms with E-state index in [0.29, 0.717) is 12.1 Å². The lowest BCUT2D eigenvalue weighted by Gasteiger charge is -2.16. The molecule has 118 valence electrons. The minimum Gasteiger partial charge on any atom is -0.346 e. The lowest BCUT2D eigenvalue weighted by molar-refractivity contribution is -0.140. The lowest BCUT2D eigenvalue weighted by atomic mass is 10.1. The Morgan fingerprint density at radius 2 is 2.00 bits per heavy atom. The summed E-state index contributed by atoms with van der Waals surface area (Å²) in [6.45, 7) is 5.88. The highest BCUT2D eigenvalue weighted by Gasteiger charge is 2.38. The zero-order chi connectivity index (χ0) is 16.4. The van der Waals surface area contributed by atoms with Gasteiger partial charge in [0, 0.05) is 28.3 Å². The molecule has 1 aliphatic rings. The van der Waals surface area contributed by atoms with Crippen LogP contribution in [0, 0.1) is 0 Å². The Morgan fingerprint density at radius 1 is 1.32 bits per heavy atom. The standard InChI is InChI=1S/C15H18BrN3O3/c1-4-19-11-6-5-9(16)7-10(11)12(15(19)22)18-14(21)13(20)17-8(2)3/h5-8,12H,4H2,1-3H3,(H,17,20)(H,18,21). The molecule has 1 unspecified atom stereocenters. The number of hydrogen-bond donors (Lipinski definition) is 2. The van der Waals surface area contributed by atoms with Gasteiger partial charge >= 0.3 is 11.8 Å². The van der Waals surface area contributed by atoms with E-state index in [2.05, 4.69) is 26.6 Å². The third-order valence-electron chi connectivity index (χ3n) is 3.32. The van der Waals surface area contributed by atoms with Gasteiger partial charge in [-0.25, -0.2) is 0 Å². The van der Waals surface area contributed by atoms with E-state index in [1.54, 1.807) is 24.8 Å². The van der Waals surface area contributed by atoms with Gasteiger partial charge in [0.05, 0.1) is 0 Å². The number of hydrogen-bond acceptors (Lipinski definition) is 3. The molecule has 7 heteroatoms. The smallest absolute Gasteiger partial charge is 0.310 e. The molecule has 2 N–H and O–H groups in total. The normalized spacial score (nSPS) is 16.7. The molecule has 0 fully saturated rings. The molecule has 6 nitrogen and oxygen atoms in total. The van der Waals surface area contributed by atoms with Gasteiger partial charge in [-0.1, -0.05) is 15.9 Å². The van der Waals surface area contributed by atoms with Crippen LogP contribution in [0.3, 0.4) is 0 Å². The van der Waals surface area contributed by atoms with Gasteiger partial charge in [-0.3, -0.25) is 14.4 Å². The lowest BCUT2D eigenvalue weighted by Crippen LogP contribution is -2.46. The molecule has 1 aromatic carbocycles. The number of halogens is 1. The predicted molar refractivity (Wildman–Crippen MR) is 86.3 cm³/mol. The Labute approximate surface area is 137 Å². The summed E-state index contributed by atoms with van der Waals surface area (Å²) in [5, 5.41) is 5.03. The highest BCUT2D eigenvalue weighted by atomic mass is 79.9. The molecule has 0 aliphatic carbocycles. The van der Waals surface area contributed by atoms with Gasteiger partial charge in [0.2, 0.25) is 0 Å². The maximum absolute atomic E-state index is 12.4. The molecule has 1 aliphatic heterocycles. The molecule has 0 radical (unpaired) electrons. The molecular formula is C15H18BrN3O3. The molecule has 1 aromatic rings. The molecule has 0 saturated heterocycles. The Kier molecular flexibility index (Phi) is 4.85. The molecule has 0 bridgehead atoms. The summed E-state index contributed by atoms with van der Waals surface area (Å²) >= 11 is 3.36. The number of rotatable bonds is 3.